The molecule has 3 N–H and O–H groups in total. The van der Waals surface area contributed by atoms with E-state index in [1.54, 1.807) is 6.07 Å². The number of benzene rings is 2. The fourth-order valence-corrected chi connectivity index (χ4v) is 5.85. The Kier molecular flexibility index (Phi) is 5.30. The van der Waals surface area contributed by atoms with E-state index >= 15 is 0 Å². The highest BCUT2D eigenvalue weighted by molar-refractivity contribution is 6.04. The molecule has 0 unspecified atom stereocenters. The predicted octanol–water partition coefficient (Wildman–Crippen LogP) is 4.66. The number of likely N-dealkylation sites (tertiary alicyclic amines) is 1. The molecule has 166 valence electrons. The number of amides is 1. The Morgan fingerprint density at radius 2 is 2.03 bits per heavy atom. The summed E-state index contributed by atoms with van der Waals surface area (Å²) in [4.78, 5) is 19.1. The number of H-pyrrole nitrogens is 1. The van der Waals surface area contributed by atoms with Crippen molar-refractivity contribution in [1.82, 2.24) is 9.88 Å². The maximum atomic E-state index is 13.1. The highest BCUT2D eigenvalue weighted by Crippen LogP contribution is 2.49. The van der Waals surface area contributed by atoms with E-state index in [0.29, 0.717) is 17.4 Å². The number of anilines is 1. The van der Waals surface area contributed by atoms with Crippen LogP contribution in [0.15, 0.2) is 54.6 Å². The van der Waals surface area contributed by atoms with Crippen molar-refractivity contribution >= 4 is 11.6 Å². The van der Waals surface area contributed by atoms with E-state index < -0.39 is 0 Å². The minimum absolute atomic E-state index is 0.0259. The van der Waals surface area contributed by atoms with Crippen LogP contribution in [0.25, 0.3) is 0 Å². The summed E-state index contributed by atoms with van der Waals surface area (Å²) in [5.74, 6) is 0.683. The number of piperidine rings is 1. The molecule has 5 heteroatoms. The minimum atomic E-state index is -0.0901. The van der Waals surface area contributed by atoms with E-state index in [4.69, 9.17) is 0 Å². The molecule has 1 amide bonds. The monoisotopic (exact) mass is 429 g/mol. The van der Waals surface area contributed by atoms with E-state index in [1.165, 1.54) is 16.8 Å². The SMILES string of the molecule is CCN1CC[C@]2(c3cccc(O)c3)Cc3[nH]c(C(=O)Nc4ccccc4)c(C)c3C[C@H]2C1. The summed E-state index contributed by atoms with van der Waals surface area (Å²) in [6.45, 7) is 7.44. The number of para-hydroxylation sites is 1. The molecule has 2 heterocycles. The number of hydrogen-bond donors (Lipinski definition) is 3. The van der Waals surface area contributed by atoms with Gasteiger partial charge in [-0.2, -0.15) is 0 Å². The molecule has 1 aliphatic heterocycles. The average Bonchev–Trinajstić information content (AvgIpc) is 3.13. The Morgan fingerprint density at radius 3 is 2.78 bits per heavy atom. The van der Waals surface area contributed by atoms with Crippen LogP contribution in [0.4, 0.5) is 5.69 Å². The number of phenolic OH excluding ortho intramolecular Hbond substituents is 1. The van der Waals surface area contributed by atoms with Crippen LogP contribution in [0.5, 0.6) is 5.75 Å². The average molecular weight is 430 g/mol. The maximum Gasteiger partial charge on any atom is 0.272 e. The Hall–Kier alpha value is -3.05. The van der Waals surface area contributed by atoms with Gasteiger partial charge in [0.1, 0.15) is 11.4 Å². The van der Waals surface area contributed by atoms with Crippen LogP contribution in [-0.2, 0) is 18.3 Å². The molecule has 3 aromatic rings. The van der Waals surface area contributed by atoms with Gasteiger partial charge in [-0.25, -0.2) is 0 Å². The number of phenols is 1. The van der Waals surface area contributed by atoms with Gasteiger partial charge in [-0.05, 0) is 86.1 Å². The molecule has 1 fully saturated rings. The van der Waals surface area contributed by atoms with Gasteiger partial charge in [-0.1, -0.05) is 37.3 Å². The first-order chi connectivity index (χ1) is 15.5. The molecule has 1 aliphatic carbocycles. The van der Waals surface area contributed by atoms with Crippen molar-refractivity contribution in [2.45, 2.75) is 38.5 Å². The minimum Gasteiger partial charge on any atom is -0.508 e. The molecule has 2 aromatic carbocycles. The molecule has 2 aliphatic rings. The highest BCUT2D eigenvalue weighted by Gasteiger charge is 2.48. The maximum absolute atomic E-state index is 13.1. The van der Waals surface area contributed by atoms with Gasteiger partial charge in [0.25, 0.3) is 5.91 Å². The normalized spacial score (nSPS) is 22.8. The summed E-state index contributed by atoms with van der Waals surface area (Å²) in [7, 11) is 0. The largest absolute Gasteiger partial charge is 0.508 e. The number of carbonyl (C=O) groups is 1. The van der Waals surface area contributed by atoms with Crippen molar-refractivity contribution in [2.24, 2.45) is 5.92 Å². The van der Waals surface area contributed by atoms with Gasteiger partial charge >= 0.3 is 0 Å². The molecule has 1 aromatic heterocycles. The number of rotatable bonds is 4. The van der Waals surface area contributed by atoms with Gasteiger partial charge in [0.15, 0.2) is 0 Å². The molecule has 5 rings (SSSR count). The van der Waals surface area contributed by atoms with E-state index in [1.807, 2.05) is 42.5 Å². The Balaban J connectivity index is 1.52. The Morgan fingerprint density at radius 1 is 1.22 bits per heavy atom. The Bertz CT molecular complexity index is 1140. The first-order valence-electron chi connectivity index (χ1n) is 11.6. The third-order valence-electron chi connectivity index (χ3n) is 7.67. The second kappa shape index (κ2) is 8.14. The van der Waals surface area contributed by atoms with E-state index in [-0.39, 0.29) is 11.3 Å². The van der Waals surface area contributed by atoms with Gasteiger partial charge in [0.2, 0.25) is 0 Å². The summed E-state index contributed by atoms with van der Waals surface area (Å²) in [6, 6.07) is 17.4. The Labute approximate surface area is 189 Å². The van der Waals surface area contributed by atoms with E-state index in [2.05, 4.69) is 35.1 Å². The van der Waals surface area contributed by atoms with Gasteiger partial charge in [-0.15, -0.1) is 0 Å². The zero-order valence-electron chi connectivity index (χ0n) is 18.8. The number of nitrogens with zero attached hydrogens (tertiary/aromatic N) is 1. The van der Waals surface area contributed by atoms with Crippen molar-refractivity contribution in [3.8, 4) is 5.75 Å². The smallest absolute Gasteiger partial charge is 0.272 e. The molecule has 1 saturated heterocycles. The van der Waals surface area contributed by atoms with Gasteiger partial charge in [0.05, 0.1) is 0 Å². The number of aromatic hydroxyl groups is 1. The standard InChI is InChI=1S/C27H31N3O2/c1-3-30-13-12-27(19-8-7-11-22(31)14-19)16-24-23(15-20(27)17-30)18(2)25(29-24)26(32)28-21-9-5-4-6-10-21/h4-11,14,20,29,31H,3,12-13,15-17H2,1-2H3,(H,28,32)/t20-,27+/m0/s1. The number of fused-ring (bicyclic) bond motifs is 2. The number of nitrogens with one attached hydrogen (secondary N) is 2. The molecule has 0 saturated carbocycles. The van der Waals surface area contributed by atoms with E-state index in [0.717, 1.165) is 50.1 Å². The third kappa shape index (κ3) is 3.51. The summed E-state index contributed by atoms with van der Waals surface area (Å²) < 4.78 is 0. The summed E-state index contributed by atoms with van der Waals surface area (Å²) in [6.07, 6.45) is 2.87. The van der Waals surface area contributed by atoms with Crippen molar-refractivity contribution < 1.29 is 9.90 Å². The molecular weight excluding hydrogens is 398 g/mol. The molecule has 0 radical (unpaired) electrons. The number of carbonyl (C=O) groups excluding carboxylic acids is 1. The van der Waals surface area contributed by atoms with Crippen LogP contribution in [0.2, 0.25) is 0 Å². The van der Waals surface area contributed by atoms with Gasteiger partial charge in [0, 0.05) is 23.3 Å². The number of aromatic amines is 1. The second-order valence-corrected chi connectivity index (χ2v) is 9.33. The highest BCUT2D eigenvalue weighted by atomic mass is 16.3. The van der Waals surface area contributed by atoms with Crippen molar-refractivity contribution in [3.63, 3.8) is 0 Å². The number of aromatic nitrogens is 1. The van der Waals surface area contributed by atoms with Crippen molar-refractivity contribution in [2.75, 3.05) is 25.0 Å². The first-order valence-corrected chi connectivity index (χ1v) is 11.6. The quantitative estimate of drug-likeness (QED) is 0.565. The molecule has 0 bridgehead atoms. The molecule has 0 spiro atoms. The van der Waals surface area contributed by atoms with Crippen LogP contribution in [-0.4, -0.2) is 40.5 Å². The zero-order chi connectivity index (χ0) is 22.3. The molecule has 5 nitrogen and oxygen atoms in total. The fourth-order valence-electron chi connectivity index (χ4n) is 5.85. The second-order valence-electron chi connectivity index (χ2n) is 9.33. The van der Waals surface area contributed by atoms with Gasteiger partial charge in [-0.3, -0.25) is 4.79 Å². The lowest BCUT2D eigenvalue weighted by Gasteiger charge is -2.51. The number of hydrogen-bond acceptors (Lipinski definition) is 3. The predicted molar refractivity (Wildman–Crippen MR) is 127 cm³/mol. The van der Waals surface area contributed by atoms with E-state index in [9.17, 15) is 9.90 Å². The lowest BCUT2D eigenvalue weighted by molar-refractivity contribution is 0.0848. The zero-order valence-corrected chi connectivity index (χ0v) is 18.8. The third-order valence-corrected chi connectivity index (χ3v) is 7.67. The lowest BCUT2D eigenvalue weighted by atomic mass is 9.58. The van der Waals surface area contributed by atoms with Crippen LogP contribution < -0.4 is 5.32 Å². The van der Waals surface area contributed by atoms with Crippen molar-refractivity contribution in [3.05, 3.63) is 82.7 Å². The van der Waals surface area contributed by atoms with Crippen LogP contribution in [0, 0.1) is 12.8 Å². The topological polar surface area (TPSA) is 68.4 Å². The van der Waals surface area contributed by atoms with Gasteiger partial charge < -0.3 is 20.3 Å². The lowest BCUT2D eigenvalue weighted by Crippen LogP contribution is -2.53. The van der Waals surface area contributed by atoms with Crippen molar-refractivity contribution in [1.29, 1.82) is 0 Å². The summed E-state index contributed by atoms with van der Waals surface area (Å²) >= 11 is 0. The van der Waals surface area contributed by atoms with Crippen LogP contribution in [0.3, 0.4) is 0 Å². The van der Waals surface area contributed by atoms with Crippen LogP contribution >= 0.6 is 0 Å². The first kappa shape index (κ1) is 20.8. The summed E-state index contributed by atoms with van der Waals surface area (Å²) in [5.41, 5.74) is 6.18. The molecular formula is C27H31N3O2. The summed E-state index contributed by atoms with van der Waals surface area (Å²) in [5, 5.41) is 13.2. The fraction of sp³-hybridized carbons (Fsp3) is 0.370. The molecule has 2 atom stereocenters. The van der Waals surface area contributed by atoms with Crippen LogP contribution in [0.1, 0.15) is 46.2 Å². The molecule has 32 heavy (non-hydrogen) atoms.